The Hall–Kier alpha value is -2.86. The minimum Gasteiger partial charge on any atom is -0.490 e. The predicted molar refractivity (Wildman–Crippen MR) is 97.0 cm³/mol. The summed E-state index contributed by atoms with van der Waals surface area (Å²) < 4.78 is 19.3. The molecule has 3 rings (SSSR count). The van der Waals surface area contributed by atoms with Crippen LogP contribution in [0.4, 0.5) is 14.9 Å². The van der Waals surface area contributed by atoms with Gasteiger partial charge in [-0.3, -0.25) is 9.59 Å². The SMILES string of the molecule is C=CCOc1ccc(/C=C2\SC(=O)N(c3ccccc3F)C2=O)cc1. The van der Waals surface area contributed by atoms with E-state index in [2.05, 4.69) is 6.58 Å². The molecule has 1 aliphatic heterocycles. The number of carbonyl (C=O) groups is 2. The highest BCUT2D eigenvalue weighted by Gasteiger charge is 2.37. The maximum atomic E-state index is 13.9. The van der Waals surface area contributed by atoms with Gasteiger partial charge in [-0.25, -0.2) is 9.29 Å². The van der Waals surface area contributed by atoms with Gasteiger partial charge in [0.05, 0.1) is 10.6 Å². The molecule has 0 bridgehead atoms. The van der Waals surface area contributed by atoms with Gasteiger partial charge in [0, 0.05) is 0 Å². The van der Waals surface area contributed by atoms with Crippen molar-refractivity contribution < 1.29 is 18.7 Å². The fourth-order valence-corrected chi connectivity index (χ4v) is 3.11. The van der Waals surface area contributed by atoms with E-state index < -0.39 is 17.0 Å². The number of hydrogen-bond donors (Lipinski definition) is 0. The number of imide groups is 1. The Bertz CT molecular complexity index is 861. The fourth-order valence-electron chi connectivity index (χ4n) is 2.28. The number of benzene rings is 2. The van der Waals surface area contributed by atoms with E-state index in [0.29, 0.717) is 12.4 Å². The molecule has 1 saturated heterocycles. The molecule has 0 N–H and O–H groups in total. The number of rotatable bonds is 5. The molecule has 0 aromatic heterocycles. The molecule has 0 atom stereocenters. The van der Waals surface area contributed by atoms with E-state index in [-0.39, 0.29) is 10.6 Å². The molecule has 6 heteroatoms. The summed E-state index contributed by atoms with van der Waals surface area (Å²) in [5.74, 6) is -0.474. The molecule has 0 aliphatic carbocycles. The first-order valence-electron chi connectivity index (χ1n) is 7.46. The van der Waals surface area contributed by atoms with Crippen molar-refractivity contribution in [2.24, 2.45) is 0 Å². The van der Waals surface area contributed by atoms with Crippen LogP contribution in [0.5, 0.6) is 5.75 Å². The van der Waals surface area contributed by atoms with E-state index in [4.69, 9.17) is 4.74 Å². The molecule has 2 aromatic carbocycles. The lowest BCUT2D eigenvalue weighted by atomic mass is 10.2. The molecular formula is C19H14FNO3S. The average Bonchev–Trinajstić information content (AvgIpc) is 2.89. The Balaban J connectivity index is 1.83. The molecule has 2 amide bonds. The van der Waals surface area contributed by atoms with Gasteiger partial charge < -0.3 is 4.74 Å². The van der Waals surface area contributed by atoms with Crippen LogP contribution in [0.25, 0.3) is 6.08 Å². The summed E-state index contributed by atoms with van der Waals surface area (Å²) in [6.07, 6.45) is 3.25. The third kappa shape index (κ3) is 3.64. The van der Waals surface area contributed by atoms with Gasteiger partial charge in [0.1, 0.15) is 18.2 Å². The zero-order valence-corrected chi connectivity index (χ0v) is 14.0. The second-order valence-corrected chi connectivity index (χ2v) is 6.13. The molecule has 25 heavy (non-hydrogen) atoms. The van der Waals surface area contributed by atoms with Crippen LogP contribution in [0, 0.1) is 5.82 Å². The molecule has 1 aliphatic rings. The number of carbonyl (C=O) groups excluding carboxylic acids is 2. The van der Waals surface area contributed by atoms with Gasteiger partial charge >= 0.3 is 0 Å². The minimum absolute atomic E-state index is 0.0402. The third-order valence-corrected chi connectivity index (χ3v) is 4.30. The van der Waals surface area contributed by atoms with Crippen molar-refractivity contribution in [3.8, 4) is 5.75 Å². The number of anilines is 1. The summed E-state index contributed by atoms with van der Waals surface area (Å²) in [6, 6.07) is 12.8. The van der Waals surface area contributed by atoms with Gasteiger partial charge in [0.2, 0.25) is 0 Å². The number of ether oxygens (including phenoxy) is 1. The number of thioether (sulfide) groups is 1. The van der Waals surface area contributed by atoms with Crippen LogP contribution >= 0.6 is 11.8 Å². The van der Waals surface area contributed by atoms with Gasteiger partial charge in [-0.05, 0) is 47.7 Å². The zero-order chi connectivity index (χ0) is 17.8. The van der Waals surface area contributed by atoms with Crippen molar-refractivity contribution in [1.82, 2.24) is 0 Å². The quantitative estimate of drug-likeness (QED) is 0.579. The molecule has 0 saturated carbocycles. The van der Waals surface area contributed by atoms with Crippen LogP contribution in [0.2, 0.25) is 0 Å². The highest BCUT2D eigenvalue weighted by molar-refractivity contribution is 8.19. The predicted octanol–water partition coefficient (Wildman–Crippen LogP) is 4.63. The fraction of sp³-hybridized carbons (Fsp3) is 0.0526. The highest BCUT2D eigenvalue weighted by Crippen LogP contribution is 2.36. The zero-order valence-electron chi connectivity index (χ0n) is 13.1. The first kappa shape index (κ1) is 17.0. The smallest absolute Gasteiger partial charge is 0.298 e. The molecule has 0 unspecified atom stereocenters. The van der Waals surface area contributed by atoms with E-state index in [1.165, 1.54) is 18.2 Å². The third-order valence-electron chi connectivity index (χ3n) is 3.43. The second kappa shape index (κ2) is 7.36. The summed E-state index contributed by atoms with van der Waals surface area (Å²) >= 11 is 0.786. The molecule has 126 valence electrons. The summed E-state index contributed by atoms with van der Waals surface area (Å²) in [6.45, 7) is 3.98. The lowest BCUT2D eigenvalue weighted by molar-refractivity contribution is -0.113. The molecule has 2 aromatic rings. The number of nitrogens with zero attached hydrogens (tertiary/aromatic N) is 1. The van der Waals surface area contributed by atoms with E-state index in [1.807, 2.05) is 0 Å². The summed E-state index contributed by atoms with van der Waals surface area (Å²) in [4.78, 5) is 25.7. The van der Waals surface area contributed by atoms with E-state index in [0.717, 1.165) is 22.2 Å². The first-order valence-corrected chi connectivity index (χ1v) is 8.28. The molecule has 4 nitrogen and oxygen atoms in total. The van der Waals surface area contributed by atoms with Gasteiger partial charge in [-0.15, -0.1) is 0 Å². The Kier molecular flexibility index (Phi) is 5.00. The largest absolute Gasteiger partial charge is 0.490 e. The minimum atomic E-state index is -0.616. The van der Waals surface area contributed by atoms with Crippen molar-refractivity contribution in [3.05, 3.63) is 77.5 Å². The van der Waals surface area contributed by atoms with Crippen LogP contribution in [0.3, 0.4) is 0 Å². The van der Waals surface area contributed by atoms with Crippen LogP contribution < -0.4 is 9.64 Å². The Labute approximate surface area is 148 Å². The maximum Gasteiger partial charge on any atom is 0.298 e. The van der Waals surface area contributed by atoms with E-state index in [9.17, 15) is 14.0 Å². The summed E-state index contributed by atoms with van der Waals surface area (Å²) in [5.41, 5.74) is 0.701. The molecule has 1 heterocycles. The van der Waals surface area contributed by atoms with E-state index in [1.54, 1.807) is 42.5 Å². The topological polar surface area (TPSA) is 46.6 Å². The van der Waals surface area contributed by atoms with Crippen LogP contribution in [0.15, 0.2) is 66.1 Å². The number of amides is 2. The molecule has 0 radical (unpaired) electrons. The van der Waals surface area contributed by atoms with Gasteiger partial charge in [-0.1, -0.05) is 36.9 Å². The van der Waals surface area contributed by atoms with Crippen molar-refractivity contribution >= 4 is 34.7 Å². The lowest BCUT2D eigenvalue weighted by Gasteiger charge is -2.12. The van der Waals surface area contributed by atoms with Crippen molar-refractivity contribution in [3.63, 3.8) is 0 Å². The molecule has 0 spiro atoms. The van der Waals surface area contributed by atoms with E-state index >= 15 is 0 Å². The van der Waals surface area contributed by atoms with Crippen molar-refractivity contribution in [2.75, 3.05) is 11.5 Å². The normalized spacial score (nSPS) is 15.7. The average molecular weight is 355 g/mol. The summed E-state index contributed by atoms with van der Waals surface area (Å²) in [7, 11) is 0. The molecule has 1 fully saturated rings. The first-order chi connectivity index (χ1) is 12.1. The van der Waals surface area contributed by atoms with Gasteiger partial charge in [-0.2, -0.15) is 0 Å². The van der Waals surface area contributed by atoms with Gasteiger partial charge in [0.25, 0.3) is 11.1 Å². The Morgan fingerprint density at radius 1 is 1.12 bits per heavy atom. The van der Waals surface area contributed by atoms with Crippen LogP contribution in [-0.4, -0.2) is 17.8 Å². The maximum absolute atomic E-state index is 13.9. The standard InChI is InChI=1S/C19H14FNO3S/c1-2-11-24-14-9-7-13(8-10-14)12-17-18(22)21(19(23)25-17)16-6-4-3-5-15(16)20/h2-10,12H,1,11H2/b17-12-. The Morgan fingerprint density at radius 3 is 2.52 bits per heavy atom. The second-order valence-electron chi connectivity index (χ2n) is 5.14. The lowest BCUT2D eigenvalue weighted by Crippen LogP contribution is -2.28. The molecular weight excluding hydrogens is 341 g/mol. The van der Waals surface area contributed by atoms with Crippen LogP contribution in [0.1, 0.15) is 5.56 Å². The Morgan fingerprint density at radius 2 is 1.84 bits per heavy atom. The van der Waals surface area contributed by atoms with Crippen molar-refractivity contribution in [2.45, 2.75) is 0 Å². The number of halogens is 1. The van der Waals surface area contributed by atoms with Crippen molar-refractivity contribution in [1.29, 1.82) is 0 Å². The number of para-hydroxylation sites is 1. The number of hydrogen-bond acceptors (Lipinski definition) is 4. The van der Waals surface area contributed by atoms with Crippen LogP contribution in [-0.2, 0) is 4.79 Å². The monoisotopic (exact) mass is 355 g/mol. The summed E-state index contributed by atoms with van der Waals surface area (Å²) in [5, 5.41) is -0.521. The van der Waals surface area contributed by atoms with Gasteiger partial charge in [0.15, 0.2) is 0 Å². The highest BCUT2D eigenvalue weighted by atomic mass is 32.2.